The summed E-state index contributed by atoms with van der Waals surface area (Å²) >= 11 is 0. The van der Waals surface area contributed by atoms with Gasteiger partial charge in [0, 0.05) is 0 Å². The van der Waals surface area contributed by atoms with Crippen molar-refractivity contribution < 1.29 is 0 Å². The fourth-order valence-corrected chi connectivity index (χ4v) is 0.304. The number of nitroso groups, excluding NO2 is 2. The highest BCUT2D eigenvalue weighted by Crippen LogP contribution is 1.99. The zero-order valence-electron chi connectivity index (χ0n) is 4.76. The maximum Gasteiger partial charge on any atom is 0.217 e. The second kappa shape index (κ2) is 4.10. The Hall–Kier alpha value is -1.82. The lowest BCUT2D eigenvalue weighted by molar-refractivity contribution is 0.721. The number of hydrogen-bond donors (Lipinski definition) is 0. The lowest BCUT2D eigenvalue weighted by Gasteiger charge is -1.94. The van der Waals surface area contributed by atoms with Crippen molar-refractivity contribution in [2.24, 2.45) is 10.4 Å². The van der Waals surface area contributed by atoms with Crippen molar-refractivity contribution >= 4 is 0 Å². The second-order valence-electron chi connectivity index (χ2n) is 1.36. The Labute approximate surface area is 56.0 Å². The van der Waals surface area contributed by atoms with Crippen LogP contribution in [0.1, 0.15) is 0 Å². The smallest absolute Gasteiger partial charge is 0.196 e. The van der Waals surface area contributed by atoms with E-state index in [-0.39, 0.29) is 0 Å². The van der Waals surface area contributed by atoms with Crippen molar-refractivity contribution in [3.63, 3.8) is 0 Å². The van der Waals surface area contributed by atoms with Crippen LogP contribution < -0.4 is 0 Å². The Bertz CT molecular complexity index is 188. The molecule has 0 aromatic heterocycles. The molecule has 6 nitrogen and oxygen atoms in total. The summed E-state index contributed by atoms with van der Waals surface area (Å²) in [7, 11) is 0. The van der Waals surface area contributed by atoms with E-state index < -0.39 is 12.1 Å². The Morgan fingerprint density at radius 3 is 1.40 bits per heavy atom. The maximum atomic E-state index is 9.67. The number of nitrogens with zero attached hydrogens (tertiary/aromatic N) is 4. The third-order valence-electron chi connectivity index (χ3n) is 0.791. The molecule has 0 N–H and O–H groups in total. The van der Waals surface area contributed by atoms with Crippen LogP contribution in [0.25, 0.3) is 0 Å². The first-order chi connectivity index (χ1) is 4.79. The van der Waals surface area contributed by atoms with Crippen molar-refractivity contribution in [1.82, 2.24) is 0 Å². The van der Waals surface area contributed by atoms with Crippen LogP contribution in [0, 0.1) is 32.5 Å². The zero-order valence-corrected chi connectivity index (χ0v) is 4.76. The lowest BCUT2D eigenvalue weighted by Crippen LogP contribution is -2.17. The average molecular weight is 138 g/mol. The van der Waals surface area contributed by atoms with E-state index in [0.717, 1.165) is 0 Å². The minimum absolute atomic E-state index is 1.36. The molecule has 0 spiro atoms. The monoisotopic (exact) mass is 138 g/mol. The van der Waals surface area contributed by atoms with Crippen molar-refractivity contribution in [2.45, 2.75) is 12.1 Å². The van der Waals surface area contributed by atoms with E-state index in [2.05, 4.69) is 10.4 Å². The van der Waals surface area contributed by atoms with Crippen molar-refractivity contribution in [3.8, 4) is 12.1 Å². The minimum atomic E-state index is -1.48. The van der Waals surface area contributed by atoms with E-state index in [9.17, 15) is 9.81 Å². The van der Waals surface area contributed by atoms with Gasteiger partial charge in [0.25, 0.3) is 0 Å². The molecule has 0 fully saturated rings. The molecule has 0 bridgehead atoms. The molecule has 0 aliphatic carbocycles. The molecule has 0 saturated carbocycles. The number of rotatable bonds is 3. The van der Waals surface area contributed by atoms with Gasteiger partial charge in [-0.1, -0.05) is 0 Å². The highest BCUT2D eigenvalue weighted by Gasteiger charge is 2.21. The summed E-state index contributed by atoms with van der Waals surface area (Å²) in [4.78, 5) is 19.3. The van der Waals surface area contributed by atoms with Crippen LogP contribution in [0.3, 0.4) is 0 Å². The molecule has 0 amide bonds. The molecule has 2 atom stereocenters. The van der Waals surface area contributed by atoms with Crippen LogP contribution in [0.5, 0.6) is 0 Å². The van der Waals surface area contributed by atoms with Crippen molar-refractivity contribution in [3.05, 3.63) is 9.81 Å². The second-order valence-corrected chi connectivity index (χ2v) is 1.36. The zero-order chi connectivity index (χ0) is 7.98. The third-order valence-corrected chi connectivity index (χ3v) is 0.791. The fraction of sp³-hybridized carbons (Fsp3) is 0.500. The molecular formula is C4H2N4O2. The van der Waals surface area contributed by atoms with Crippen LogP contribution in [0.4, 0.5) is 0 Å². The van der Waals surface area contributed by atoms with Gasteiger partial charge < -0.3 is 0 Å². The molecular weight excluding hydrogens is 136 g/mol. The van der Waals surface area contributed by atoms with Crippen molar-refractivity contribution in [2.75, 3.05) is 0 Å². The molecule has 0 aliphatic rings. The van der Waals surface area contributed by atoms with Gasteiger partial charge in [0.1, 0.15) is 0 Å². The van der Waals surface area contributed by atoms with E-state index in [1.807, 2.05) is 0 Å². The van der Waals surface area contributed by atoms with Crippen LogP contribution in [0.15, 0.2) is 10.4 Å². The quantitative estimate of drug-likeness (QED) is 0.522. The van der Waals surface area contributed by atoms with Gasteiger partial charge in [-0.15, -0.1) is 9.81 Å². The van der Waals surface area contributed by atoms with Gasteiger partial charge in [-0.25, -0.2) is 0 Å². The molecule has 0 radical (unpaired) electrons. The lowest BCUT2D eigenvalue weighted by atomic mass is 10.2. The molecule has 6 heteroatoms. The van der Waals surface area contributed by atoms with Gasteiger partial charge in [-0.2, -0.15) is 10.5 Å². The minimum Gasteiger partial charge on any atom is -0.196 e. The average Bonchev–Trinajstić information content (AvgIpc) is 2.00. The molecule has 50 valence electrons. The van der Waals surface area contributed by atoms with Gasteiger partial charge in [-0.3, -0.25) is 0 Å². The first kappa shape index (κ1) is 8.18. The van der Waals surface area contributed by atoms with Gasteiger partial charge in [-0.05, 0) is 10.4 Å². The maximum absolute atomic E-state index is 9.67. The molecule has 0 saturated heterocycles. The molecule has 0 rings (SSSR count). The standard InChI is InChI=1S/C4H2N4O2/c5-1-3(7-9)4(2-6)8-10/h3-4H. The first-order valence-electron chi connectivity index (χ1n) is 2.24. The first-order valence-corrected chi connectivity index (χ1v) is 2.24. The van der Waals surface area contributed by atoms with E-state index in [4.69, 9.17) is 10.5 Å². The Kier molecular flexibility index (Phi) is 3.35. The SMILES string of the molecule is N#CC(N=O)C(C#N)N=O. The molecule has 0 aromatic carbocycles. The highest BCUT2D eigenvalue weighted by molar-refractivity contribution is 5.08. The van der Waals surface area contributed by atoms with Gasteiger partial charge in [0.15, 0.2) is 0 Å². The van der Waals surface area contributed by atoms with E-state index in [1.54, 1.807) is 0 Å². The summed E-state index contributed by atoms with van der Waals surface area (Å²) in [6, 6.07) is -0.251. The predicted octanol–water partition coefficient (Wildman–Crippen LogP) is 0.304. The Morgan fingerprint density at radius 2 is 1.30 bits per heavy atom. The number of nitriles is 2. The van der Waals surface area contributed by atoms with Gasteiger partial charge in [0.05, 0.1) is 12.1 Å². The highest BCUT2D eigenvalue weighted by atomic mass is 16.3. The van der Waals surface area contributed by atoms with Crippen molar-refractivity contribution in [1.29, 1.82) is 10.5 Å². The van der Waals surface area contributed by atoms with E-state index in [0.29, 0.717) is 0 Å². The van der Waals surface area contributed by atoms with Gasteiger partial charge >= 0.3 is 0 Å². The molecule has 10 heavy (non-hydrogen) atoms. The van der Waals surface area contributed by atoms with Crippen LogP contribution in [-0.4, -0.2) is 12.1 Å². The molecule has 0 heterocycles. The fourth-order valence-electron chi connectivity index (χ4n) is 0.304. The predicted molar refractivity (Wildman–Crippen MR) is 30.4 cm³/mol. The normalized spacial score (nSPS) is 13.8. The molecule has 0 aliphatic heterocycles. The summed E-state index contributed by atoms with van der Waals surface area (Å²) in [6.07, 6.45) is 0. The summed E-state index contributed by atoms with van der Waals surface area (Å²) < 4.78 is 0. The summed E-state index contributed by atoms with van der Waals surface area (Å²) in [5, 5.41) is 20.6. The van der Waals surface area contributed by atoms with Gasteiger partial charge in [0.2, 0.25) is 12.1 Å². The summed E-state index contributed by atoms with van der Waals surface area (Å²) in [5.74, 6) is 0. The van der Waals surface area contributed by atoms with Crippen LogP contribution in [-0.2, 0) is 0 Å². The number of hydrogen-bond acceptors (Lipinski definition) is 6. The van der Waals surface area contributed by atoms with Crippen LogP contribution in [0.2, 0.25) is 0 Å². The van der Waals surface area contributed by atoms with Crippen LogP contribution >= 0.6 is 0 Å². The molecule has 2 unspecified atom stereocenters. The summed E-state index contributed by atoms with van der Waals surface area (Å²) in [5.41, 5.74) is 0. The third kappa shape index (κ3) is 1.60. The summed E-state index contributed by atoms with van der Waals surface area (Å²) in [6.45, 7) is 0. The Balaban J connectivity index is 4.30. The Morgan fingerprint density at radius 1 is 1.00 bits per heavy atom. The largest absolute Gasteiger partial charge is 0.217 e. The van der Waals surface area contributed by atoms with E-state index in [1.165, 1.54) is 12.1 Å². The van der Waals surface area contributed by atoms with E-state index >= 15 is 0 Å². The topological polar surface area (TPSA) is 106 Å². The molecule has 0 aromatic rings.